The van der Waals surface area contributed by atoms with Gasteiger partial charge in [0.2, 0.25) is 5.91 Å². The molecule has 0 bridgehead atoms. The Morgan fingerprint density at radius 3 is 2.74 bits per heavy atom. The molecule has 1 aliphatic carbocycles. The minimum absolute atomic E-state index is 0.0243. The smallest absolute Gasteiger partial charge is 0.312 e. The summed E-state index contributed by atoms with van der Waals surface area (Å²) >= 11 is 0. The first-order valence-electron chi connectivity index (χ1n) is 7.81. The van der Waals surface area contributed by atoms with Gasteiger partial charge in [0.1, 0.15) is 0 Å². The van der Waals surface area contributed by atoms with Crippen LogP contribution in [0.1, 0.15) is 25.0 Å². The van der Waals surface area contributed by atoms with Gasteiger partial charge < -0.3 is 16.0 Å². The van der Waals surface area contributed by atoms with E-state index in [2.05, 4.69) is 10.3 Å². The van der Waals surface area contributed by atoms with E-state index in [0.717, 1.165) is 29.4 Å². The maximum atomic E-state index is 12.4. The minimum atomic E-state index is -0.605. The van der Waals surface area contributed by atoms with E-state index in [0.29, 0.717) is 12.6 Å². The van der Waals surface area contributed by atoms with E-state index in [-0.39, 0.29) is 18.9 Å². The highest BCUT2D eigenvalue weighted by molar-refractivity contribution is 5.79. The summed E-state index contributed by atoms with van der Waals surface area (Å²) in [5.41, 5.74) is 6.83. The fourth-order valence-corrected chi connectivity index (χ4v) is 2.61. The molecule has 3 rings (SSSR count). The van der Waals surface area contributed by atoms with Gasteiger partial charge in [-0.3, -0.25) is 9.78 Å². The van der Waals surface area contributed by atoms with Gasteiger partial charge in [-0.15, -0.1) is 0 Å². The number of carbonyl (C=O) groups excluding carboxylic acids is 2. The van der Waals surface area contributed by atoms with Gasteiger partial charge in [0, 0.05) is 24.4 Å². The number of nitrogens with one attached hydrogen (secondary N) is 1. The van der Waals surface area contributed by atoms with Crippen LogP contribution in [0.25, 0.3) is 10.9 Å². The van der Waals surface area contributed by atoms with Crippen molar-refractivity contribution < 1.29 is 9.59 Å². The van der Waals surface area contributed by atoms with Crippen LogP contribution in [-0.2, 0) is 11.3 Å². The molecule has 1 heterocycles. The number of rotatable bonds is 6. The van der Waals surface area contributed by atoms with Crippen molar-refractivity contribution in [3.63, 3.8) is 0 Å². The Labute approximate surface area is 134 Å². The normalized spacial score (nSPS) is 13.7. The molecule has 0 radical (unpaired) electrons. The number of hydrogen-bond acceptors (Lipinski definition) is 3. The molecule has 1 saturated carbocycles. The second-order valence-electron chi connectivity index (χ2n) is 5.79. The molecule has 2 aromatic rings. The minimum Gasteiger partial charge on any atom is -0.352 e. The number of urea groups is 1. The average Bonchev–Trinajstić information content (AvgIpc) is 3.36. The molecule has 120 valence electrons. The van der Waals surface area contributed by atoms with E-state index < -0.39 is 6.03 Å². The number of carbonyl (C=O) groups is 2. The molecule has 0 aliphatic heterocycles. The molecule has 1 fully saturated rings. The van der Waals surface area contributed by atoms with Gasteiger partial charge in [0.05, 0.1) is 17.8 Å². The number of benzene rings is 1. The Morgan fingerprint density at radius 1 is 1.22 bits per heavy atom. The summed E-state index contributed by atoms with van der Waals surface area (Å²) in [6.45, 7) is 0.771. The Bertz CT molecular complexity index is 727. The van der Waals surface area contributed by atoms with E-state index in [1.807, 2.05) is 41.3 Å². The molecular weight excluding hydrogens is 292 g/mol. The highest BCUT2D eigenvalue weighted by atomic mass is 16.2. The lowest BCUT2D eigenvalue weighted by Crippen LogP contribution is -2.37. The molecule has 3 N–H and O–H groups in total. The first-order chi connectivity index (χ1) is 11.1. The summed E-state index contributed by atoms with van der Waals surface area (Å²) in [5.74, 6) is 0.0243. The molecule has 1 aromatic heterocycles. The summed E-state index contributed by atoms with van der Waals surface area (Å²) in [4.78, 5) is 29.6. The molecular formula is C17H20N4O2. The Balaban J connectivity index is 1.68. The molecule has 1 aromatic carbocycles. The van der Waals surface area contributed by atoms with Gasteiger partial charge >= 0.3 is 6.03 Å². The van der Waals surface area contributed by atoms with Gasteiger partial charge in [-0.05, 0) is 25.0 Å². The fraction of sp³-hybridized carbons (Fsp3) is 0.353. The number of hydrogen-bond donors (Lipinski definition) is 2. The van der Waals surface area contributed by atoms with E-state index in [1.54, 1.807) is 0 Å². The van der Waals surface area contributed by atoms with Crippen molar-refractivity contribution in [2.45, 2.75) is 31.8 Å². The number of nitrogens with zero attached hydrogens (tertiary/aromatic N) is 2. The van der Waals surface area contributed by atoms with Gasteiger partial charge in [-0.2, -0.15) is 0 Å². The zero-order valence-corrected chi connectivity index (χ0v) is 12.9. The lowest BCUT2D eigenvalue weighted by Gasteiger charge is -2.22. The summed E-state index contributed by atoms with van der Waals surface area (Å²) in [6, 6.07) is 11.6. The number of aromatic nitrogens is 1. The van der Waals surface area contributed by atoms with Crippen molar-refractivity contribution in [3.8, 4) is 0 Å². The van der Waals surface area contributed by atoms with Gasteiger partial charge in [-0.25, -0.2) is 4.79 Å². The summed E-state index contributed by atoms with van der Waals surface area (Å²) in [6.07, 6.45) is 2.32. The first-order valence-corrected chi connectivity index (χ1v) is 7.81. The third-order valence-electron chi connectivity index (χ3n) is 3.93. The predicted octanol–water partition coefficient (Wildman–Crippen LogP) is 1.78. The van der Waals surface area contributed by atoms with E-state index in [9.17, 15) is 9.59 Å². The maximum absolute atomic E-state index is 12.4. The van der Waals surface area contributed by atoms with Crippen LogP contribution in [0, 0.1) is 0 Å². The van der Waals surface area contributed by atoms with Crippen molar-refractivity contribution in [1.82, 2.24) is 15.2 Å². The zero-order chi connectivity index (χ0) is 16.2. The molecule has 0 saturated heterocycles. The third kappa shape index (κ3) is 3.97. The number of nitrogens with two attached hydrogens (primary N) is 1. The SMILES string of the molecule is NC(=O)NCCC(=O)N(Cc1ccc2ccccc2n1)C1CC1. The predicted molar refractivity (Wildman–Crippen MR) is 87.5 cm³/mol. The molecule has 6 nitrogen and oxygen atoms in total. The molecule has 23 heavy (non-hydrogen) atoms. The highest BCUT2D eigenvalue weighted by Gasteiger charge is 2.32. The molecule has 0 spiro atoms. The largest absolute Gasteiger partial charge is 0.352 e. The second-order valence-corrected chi connectivity index (χ2v) is 5.79. The lowest BCUT2D eigenvalue weighted by molar-refractivity contribution is -0.132. The van der Waals surface area contributed by atoms with Crippen molar-refractivity contribution in [2.75, 3.05) is 6.54 Å². The second kappa shape index (κ2) is 6.64. The molecule has 6 heteroatoms. The number of fused-ring (bicyclic) bond motifs is 1. The van der Waals surface area contributed by atoms with Crippen LogP contribution < -0.4 is 11.1 Å². The number of primary amides is 1. The third-order valence-corrected chi connectivity index (χ3v) is 3.93. The van der Waals surface area contributed by atoms with E-state index in [4.69, 9.17) is 5.73 Å². The standard InChI is InChI=1S/C17H20N4O2/c18-17(23)19-10-9-16(22)21(14-7-8-14)11-13-6-5-12-3-1-2-4-15(12)20-13/h1-6,14H,7-11H2,(H3,18,19,23). The number of para-hydroxylation sites is 1. The number of pyridine rings is 1. The topological polar surface area (TPSA) is 88.3 Å². The molecule has 0 atom stereocenters. The van der Waals surface area contributed by atoms with Crippen LogP contribution in [0.15, 0.2) is 36.4 Å². The van der Waals surface area contributed by atoms with Crippen molar-refractivity contribution >= 4 is 22.8 Å². The maximum Gasteiger partial charge on any atom is 0.312 e. The van der Waals surface area contributed by atoms with E-state index in [1.165, 1.54) is 0 Å². The average molecular weight is 312 g/mol. The monoisotopic (exact) mass is 312 g/mol. The first kappa shape index (κ1) is 15.3. The summed E-state index contributed by atoms with van der Waals surface area (Å²) in [7, 11) is 0. The van der Waals surface area contributed by atoms with Crippen LogP contribution in [0.5, 0.6) is 0 Å². The van der Waals surface area contributed by atoms with Gasteiger partial charge in [-0.1, -0.05) is 24.3 Å². The van der Waals surface area contributed by atoms with Crippen molar-refractivity contribution in [2.24, 2.45) is 5.73 Å². The van der Waals surface area contributed by atoms with E-state index >= 15 is 0 Å². The quantitative estimate of drug-likeness (QED) is 0.852. The lowest BCUT2D eigenvalue weighted by atomic mass is 10.2. The molecule has 3 amide bonds. The Morgan fingerprint density at radius 2 is 2.00 bits per heavy atom. The fourth-order valence-electron chi connectivity index (χ4n) is 2.61. The number of amides is 3. The van der Waals surface area contributed by atoms with Gasteiger partial charge in [0.15, 0.2) is 0 Å². The van der Waals surface area contributed by atoms with Crippen LogP contribution >= 0.6 is 0 Å². The molecule has 0 unspecified atom stereocenters. The Kier molecular flexibility index (Phi) is 4.41. The Hall–Kier alpha value is -2.63. The van der Waals surface area contributed by atoms with Crippen LogP contribution in [-0.4, -0.2) is 34.4 Å². The zero-order valence-electron chi connectivity index (χ0n) is 12.9. The molecule has 1 aliphatic rings. The van der Waals surface area contributed by atoms with Crippen molar-refractivity contribution in [3.05, 3.63) is 42.1 Å². The van der Waals surface area contributed by atoms with Crippen LogP contribution in [0.4, 0.5) is 4.79 Å². The van der Waals surface area contributed by atoms with Crippen LogP contribution in [0.2, 0.25) is 0 Å². The highest BCUT2D eigenvalue weighted by Crippen LogP contribution is 2.29. The summed E-state index contributed by atoms with van der Waals surface area (Å²) in [5, 5.41) is 3.54. The summed E-state index contributed by atoms with van der Waals surface area (Å²) < 4.78 is 0. The van der Waals surface area contributed by atoms with Crippen LogP contribution in [0.3, 0.4) is 0 Å². The van der Waals surface area contributed by atoms with Gasteiger partial charge in [0.25, 0.3) is 0 Å². The van der Waals surface area contributed by atoms with Crippen molar-refractivity contribution in [1.29, 1.82) is 0 Å².